The van der Waals surface area contributed by atoms with E-state index in [9.17, 15) is 18.3 Å². The zero-order valence-corrected chi connectivity index (χ0v) is 29.4. The van der Waals surface area contributed by atoms with Crippen molar-refractivity contribution in [3.63, 3.8) is 0 Å². The Kier molecular flexibility index (Phi) is 10.6. The molecule has 2 aliphatic heterocycles. The highest BCUT2D eigenvalue weighted by atomic mass is 35.5. The lowest BCUT2D eigenvalue weighted by Gasteiger charge is -2.45. The van der Waals surface area contributed by atoms with Gasteiger partial charge in [0.15, 0.2) is 0 Å². The number of amides is 1. The number of rotatable bonds is 12. The van der Waals surface area contributed by atoms with E-state index in [1.807, 2.05) is 13.0 Å². The monoisotopic (exact) mass is 697 g/mol. The van der Waals surface area contributed by atoms with Crippen LogP contribution in [0.25, 0.3) is 0 Å². The number of aliphatic hydroxyl groups is 1. The first-order valence-electron chi connectivity index (χ1n) is 17.2. The molecule has 2 aromatic carbocycles. The van der Waals surface area contributed by atoms with Crippen LogP contribution in [0.4, 0.5) is 5.69 Å². The van der Waals surface area contributed by atoms with Gasteiger partial charge in [-0.1, -0.05) is 29.8 Å². The van der Waals surface area contributed by atoms with Crippen LogP contribution in [0, 0.1) is 11.8 Å². The van der Waals surface area contributed by atoms with Gasteiger partial charge in [-0.25, -0.2) is 4.72 Å². The maximum atomic E-state index is 13.7. The molecule has 2 heterocycles. The summed E-state index contributed by atoms with van der Waals surface area (Å²) in [6.45, 7) is 11.9. The zero-order valence-electron chi connectivity index (χ0n) is 27.8. The third-order valence-electron chi connectivity index (χ3n) is 10.8. The van der Waals surface area contributed by atoms with Crippen LogP contribution in [0.15, 0.2) is 61.7 Å². The molecular weight excluding hydrogens is 650 g/mol. The second-order valence-electron chi connectivity index (χ2n) is 14.0. The zero-order chi connectivity index (χ0) is 34.1. The van der Waals surface area contributed by atoms with Crippen molar-refractivity contribution in [2.45, 2.75) is 82.0 Å². The first-order valence-corrected chi connectivity index (χ1v) is 19.0. The maximum Gasteiger partial charge on any atom is 0.304 e. The van der Waals surface area contributed by atoms with Gasteiger partial charge in [-0.3, -0.25) is 4.79 Å². The van der Waals surface area contributed by atoms with Crippen molar-refractivity contribution in [3.8, 4) is 5.75 Å². The quantitative estimate of drug-likeness (QED) is 0.270. The SMILES string of the molecule is C=CC[C@H](C)N(C[C@@H]1CCCO1)S(=O)(=O)NC(=O)c1ccc2c(c1)N(C[C@@H]1CC[C@H]1[C@@H](O)C=C)C[C@@]1(CCCc3cc(Cl)ccc31)CO2. The van der Waals surface area contributed by atoms with Crippen LogP contribution in [0.2, 0.25) is 5.02 Å². The predicted octanol–water partition coefficient (Wildman–Crippen LogP) is 5.81. The molecule has 6 atom stereocenters. The van der Waals surface area contributed by atoms with Gasteiger partial charge in [0.05, 0.1) is 24.5 Å². The average molecular weight is 698 g/mol. The molecule has 4 aliphatic rings. The summed E-state index contributed by atoms with van der Waals surface area (Å²) in [7, 11) is -4.20. The Morgan fingerprint density at radius 2 is 2.04 bits per heavy atom. The van der Waals surface area contributed by atoms with Crippen LogP contribution in [0.1, 0.15) is 73.4 Å². The normalized spacial score (nSPS) is 26.4. The van der Waals surface area contributed by atoms with Crippen molar-refractivity contribution < 1.29 is 27.8 Å². The number of nitrogens with one attached hydrogen (secondary N) is 1. The molecule has 1 amide bonds. The standard InChI is InChI=1S/C37H48ClN3O6S/c1-4-8-25(3)41(22-30-10-7-18-46-30)48(44,45)39-36(43)27-12-16-35-33(20-27)40(21-28-11-14-31(28)34(42)5-2)23-37(24-47-35)17-6-9-26-19-29(38)13-15-32(26)37/h4-5,12-13,15-16,19-20,25,28,30-31,34,42H,1-2,6-11,14,17-18,21-24H2,3H3,(H,39,43)/t25-,28-,30-,31+,34-,37-/m0/s1. The van der Waals surface area contributed by atoms with Crippen LogP contribution in [0.3, 0.4) is 0 Å². The minimum Gasteiger partial charge on any atom is -0.490 e. The molecule has 2 fully saturated rings. The van der Waals surface area contributed by atoms with E-state index in [-0.39, 0.29) is 35.5 Å². The van der Waals surface area contributed by atoms with E-state index in [4.69, 9.17) is 21.1 Å². The molecule has 0 aromatic heterocycles. The molecule has 1 spiro atoms. The summed E-state index contributed by atoms with van der Waals surface area (Å²) in [6.07, 6.45) is 9.37. The van der Waals surface area contributed by atoms with E-state index >= 15 is 0 Å². The number of nitrogens with zero attached hydrogens (tertiary/aromatic N) is 2. The van der Waals surface area contributed by atoms with E-state index in [1.54, 1.807) is 30.4 Å². The van der Waals surface area contributed by atoms with Crippen molar-refractivity contribution in [1.82, 2.24) is 9.03 Å². The number of benzene rings is 2. The average Bonchev–Trinajstić information content (AvgIpc) is 3.52. The molecule has 0 unspecified atom stereocenters. The van der Waals surface area contributed by atoms with E-state index < -0.39 is 28.3 Å². The summed E-state index contributed by atoms with van der Waals surface area (Å²) >= 11 is 6.41. The van der Waals surface area contributed by atoms with E-state index in [0.717, 1.165) is 55.7 Å². The van der Waals surface area contributed by atoms with Gasteiger partial charge in [0, 0.05) is 48.3 Å². The largest absolute Gasteiger partial charge is 0.490 e. The lowest BCUT2D eigenvalue weighted by molar-refractivity contribution is 0.0460. The number of aliphatic hydroxyl groups excluding tert-OH is 1. The summed E-state index contributed by atoms with van der Waals surface area (Å²) in [5, 5.41) is 11.4. The van der Waals surface area contributed by atoms with Crippen molar-refractivity contribution in [2.75, 3.05) is 37.7 Å². The van der Waals surface area contributed by atoms with Crippen molar-refractivity contribution in [2.24, 2.45) is 11.8 Å². The van der Waals surface area contributed by atoms with Crippen molar-refractivity contribution >= 4 is 33.4 Å². The fourth-order valence-electron chi connectivity index (χ4n) is 8.08. The lowest BCUT2D eigenvalue weighted by atomic mass is 9.68. The first kappa shape index (κ1) is 35.0. The summed E-state index contributed by atoms with van der Waals surface area (Å²) in [4.78, 5) is 16.0. The van der Waals surface area contributed by atoms with Gasteiger partial charge in [-0.05, 0) is 112 Å². The number of ether oxygens (including phenoxy) is 2. The topological polar surface area (TPSA) is 108 Å². The van der Waals surface area contributed by atoms with Gasteiger partial charge < -0.3 is 19.5 Å². The summed E-state index contributed by atoms with van der Waals surface area (Å²) in [5.74, 6) is 0.269. The third kappa shape index (κ3) is 7.19. The van der Waals surface area contributed by atoms with E-state index in [1.165, 1.54) is 15.4 Å². The number of halogens is 1. The van der Waals surface area contributed by atoms with Crippen LogP contribution in [0.5, 0.6) is 5.75 Å². The number of hydrogen-bond donors (Lipinski definition) is 2. The Morgan fingerprint density at radius 3 is 2.75 bits per heavy atom. The number of carbonyl (C=O) groups is 1. The predicted molar refractivity (Wildman–Crippen MR) is 189 cm³/mol. The van der Waals surface area contributed by atoms with Crippen LogP contribution in [-0.2, 0) is 26.8 Å². The number of hydrogen-bond acceptors (Lipinski definition) is 7. The van der Waals surface area contributed by atoms with Gasteiger partial charge in [0.1, 0.15) is 5.75 Å². The molecule has 1 saturated heterocycles. The Hall–Kier alpha value is -2.89. The van der Waals surface area contributed by atoms with E-state index in [0.29, 0.717) is 38.5 Å². The van der Waals surface area contributed by atoms with Crippen LogP contribution >= 0.6 is 11.6 Å². The molecule has 0 bridgehead atoms. The third-order valence-corrected chi connectivity index (χ3v) is 12.7. The molecule has 2 aliphatic carbocycles. The first-order chi connectivity index (χ1) is 23.0. The number of anilines is 1. The minimum absolute atomic E-state index is 0.104. The van der Waals surface area contributed by atoms with Gasteiger partial charge in [0.25, 0.3) is 5.91 Å². The number of aryl methyl sites for hydroxylation is 1. The number of carbonyl (C=O) groups excluding carboxylic acids is 1. The maximum absolute atomic E-state index is 13.7. The molecule has 2 aromatic rings. The fourth-order valence-corrected chi connectivity index (χ4v) is 9.67. The van der Waals surface area contributed by atoms with Gasteiger partial charge >= 0.3 is 10.2 Å². The summed E-state index contributed by atoms with van der Waals surface area (Å²) in [6, 6.07) is 10.9. The molecule has 0 radical (unpaired) electrons. The molecule has 9 nitrogen and oxygen atoms in total. The molecule has 1 saturated carbocycles. The highest BCUT2D eigenvalue weighted by Crippen LogP contribution is 2.46. The Morgan fingerprint density at radius 1 is 1.21 bits per heavy atom. The second-order valence-corrected chi connectivity index (χ2v) is 16.1. The Bertz CT molecular complexity index is 1630. The van der Waals surface area contributed by atoms with E-state index in [2.05, 4.69) is 34.9 Å². The molecule has 6 rings (SSSR count). The van der Waals surface area contributed by atoms with Crippen LogP contribution in [-0.4, -0.2) is 74.8 Å². The Balaban J connectivity index is 1.31. The highest BCUT2D eigenvalue weighted by Gasteiger charge is 2.44. The highest BCUT2D eigenvalue weighted by molar-refractivity contribution is 7.87. The molecule has 2 N–H and O–H groups in total. The number of fused-ring (bicyclic) bond motifs is 3. The fraction of sp³-hybridized carbons (Fsp3) is 0.541. The smallest absolute Gasteiger partial charge is 0.304 e. The van der Waals surface area contributed by atoms with Gasteiger partial charge in [-0.15, -0.1) is 13.2 Å². The second kappa shape index (κ2) is 14.5. The molecule has 260 valence electrons. The molecular formula is C37H48ClN3O6S. The van der Waals surface area contributed by atoms with Crippen LogP contribution < -0.4 is 14.4 Å². The Labute approximate surface area is 290 Å². The lowest BCUT2D eigenvalue weighted by Crippen LogP contribution is -2.50. The molecule has 48 heavy (non-hydrogen) atoms. The van der Waals surface area contributed by atoms with Gasteiger partial charge in [0.2, 0.25) is 0 Å². The minimum atomic E-state index is -4.20. The van der Waals surface area contributed by atoms with Crippen molar-refractivity contribution in [1.29, 1.82) is 0 Å². The van der Waals surface area contributed by atoms with Crippen molar-refractivity contribution in [3.05, 3.63) is 83.4 Å². The van der Waals surface area contributed by atoms with Gasteiger partial charge in [-0.2, -0.15) is 12.7 Å². The summed E-state index contributed by atoms with van der Waals surface area (Å²) in [5.41, 5.74) is 3.13. The molecule has 11 heteroatoms. The summed E-state index contributed by atoms with van der Waals surface area (Å²) < 4.78 is 43.4.